The Labute approximate surface area is 202 Å². The van der Waals surface area contributed by atoms with Crippen LogP contribution in [-0.4, -0.2) is 45.3 Å². The molecule has 4 rings (SSSR count). The van der Waals surface area contributed by atoms with Crippen LogP contribution in [0.2, 0.25) is 0 Å². The molecule has 0 radical (unpaired) electrons. The molecule has 2 heterocycles. The highest BCUT2D eigenvalue weighted by Crippen LogP contribution is 2.40. The fraction of sp³-hybridized carbons (Fsp3) is 0.296. The average molecular weight is 479 g/mol. The second-order valence-corrected chi connectivity index (χ2v) is 8.71. The van der Waals surface area contributed by atoms with Crippen LogP contribution in [0.4, 0.5) is 9.18 Å². The van der Waals surface area contributed by atoms with E-state index in [0.717, 1.165) is 16.7 Å². The monoisotopic (exact) mass is 478 g/mol. The van der Waals surface area contributed by atoms with Crippen LogP contribution in [0.3, 0.4) is 0 Å². The highest BCUT2D eigenvalue weighted by molar-refractivity contribution is 5.88. The van der Waals surface area contributed by atoms with Crippen LogP contribution in [0.1, 0.15) is 53.7 Å². The lowest BCUT2D eigenvalue weighted by Gasteiger charge is -2.43. The molecule has 0 saturated carbocycles. The summed E-state index contributed by atoms with van der Waals surface area (Å²) in [5.74, 6) is -1.40. The Morgan fingerprint density at radius 3 is 2.49 bits per heavy atom. The van der Waals surface area contributed by atoms with Gasteiger partial charge < -0.3 is 19.8 Å². The van der Waals surface area contributed by atoms with Gasteiger partial charge in [0.15, 0.2) is 0 Å². The van der Waals surface area contributed by atoms with Gasteiger partial charge in [-0.2, -0.15) is 0 Å². The molecule has 0 unspecified atom stereocenters. The number of pyridine rings is 1. The van der Waals surface area contributed by atoms with Gasteiger partial charge in [-0.15, -0.1) is 0 Å². The molecular formula is C27H27FN2O5. The molecule has 1 aromatic heterocycles. The fourth-order valence-electron chi connectivity index (χ4n) is 4.51. The number of aromatic nitrogens is 1. The minimum absolute atomic E-state index is 0.0299. The number of aliphatic hydroxyl groups excluding tert-OH is 1. The van der Waals surface area contributed by atoms with Crippen molar-refractivity contribution in [3.63, 3.8) is 0 Å². The van der Waals surface area contributed by atoms with Crippen molar-refractivity contribution in [3.8, 4) is 11.1 Å². The number of carbonyl (C=O) groups is 2. The van der Waals surface area contributed by atoms with Gasteiger partial charge in [0.2, 0.25) is 0 Å². The predicted octanol–water partition coefficient (Wildman–Crippen LogP) is 5.16. The van der Waals surface area contributed by atoms with Crippen molar-refractivity contribution in [2.24, 2.45) is 0 Å². The largest absolute Gasteiger partial charge is 0.478 e. The van der Waals surface area contributed by atoms with Crippen molar-refractivity contribution >= 4 is 12.1 Å². The number of ether oxygens (including phenoxy) is 1. The van der Waals surface area contributed by atoms with Crippen LogP contribution in [0.25, 0.3) is 11.1 Å². The number of carboxylic acid groups (broad SMARTS) is 1. The lowest BCUT2D eigenvalue weighted by Crippen LogP contribution is -2.48. The first-order chi connectivity index (χ1) is 16.8. The van der Waals surface area contributed by atoms with Crippen molar-refractivity contribution in [1.82, 2.24) is 9.88 Å². The number of halogens is 1. The maximum atomic E-state index is 13.5. The molecule has 0 spiro atoms. The maximum absolute atomic E-state index is 13.5. The van der Waals surface area contributed by atoms with Gasteiger partial charge in [0.25, 0.3) is 0 Å². The number of benzene rings is 2. The van der Waals surface area contributed by atoms with E-state index in [-0.39, 0.29) is 24.0 Å². The normalized spacial score (nSPS) is 18.7. The lowest BCUT2D eigenvalue weighted by molar-refractivity contribution is -0.0680. The highest BCUT2D eigenvalue weighted by Gasteiger charge is 2.43. The molecule has 1 fully saturated rings. The van der Waals surface area contributed by atoms with E-state index in [0.29, 0.717) is 31.4 Å². The first-order valence-electron chi connectivity index (χ1n) is 11.5. The summed E-state index contributed by atoms with van der Waals surface area (Å²) >= 11 is 0. The van der Waals surface area contributed by atoms with Gasteiger partial charge in [0, 0.05) is 37.5 Å². The molecular weight excluding hydrogens is 451 g/mol. The van der Waals surface area contributed by atoms with Crippen molar-refractivity contribution in [2.75, 3.05) is 13.2 Å². The molecule has 182 valence electrons. The quantitative estimate of drug-likeness (QED) is 0.464. The molecule has 8 heteroatoms. The zero-order chi connectivity index (χ0) is 25.0. The standard InChI is InChI=1S/C27H27FN2O5/c1-18(19-3-5-20(6-4-19)21-15-22(25(32)33)17-29-16-21)30-13-12-27(11-2-14-31,35-26(30)34)23-7-9-24(28)10-8-23/h3-10,15-18,31H,2,11-14H2,1H3,(H,32,33)/t18-,27+/m0/s1. The number of nitrogens with zero attached hydrogens (tertiary/aromatic N) is 2. The van der Waals surface area contributed by atoms with Gasteiger partial charge in [-0.25, -0.2) is 14.0 Å². The van der Waals surface area contributed by atoms with Gasteiger partial charge in [0.1, 0.15) is 11.4 Å². The summed E-state index contributed by atoms with van der Waals surface area (Å²) in [4.78, 5) is 30.0. The molecule has 3 aromatic rings. The molecule has 1 aliphatic heterocycles. The lowest BCUT2D eigenvalue weighted by atomic mass is 9.84. The van der Waals surface area contributed by atoms with Crippen LogP contribution >= 0.6 is 0 Å². The number of carboxylic acids is 1. The van der Waals surface area contributed by atoms with E-state index in [9.17, 15) is 24.2 Å². The molecule has 35 heavy (non-hydrogen) atoms. The Balaban J connectivity index is 1.51. The summed E-state index contributed by atoms with van der Waals surface area (Å²) in [6.07, 6.45) is 3.86. The van der Waals surface area contributed by atoms with Gasteiger partial charge in [-0.3, -0.25) is 4.98 Å². The summed E-state index contributed by atoms with van der Waals surface area (Å²) in [7, 11) is 0. The van der Waals surface area contributed by atoms with Gasteiger partial charge in [-0.05, 0) is 54.7 Å². The van der Waals surface area contributed by atoms with Crippen LogP contribution < -0.4 is 0 Å². The fourth-order valence-corrected chi connectivity index (χ4v) is 4.51. The molecule has 1 amide bonds. The van der Waals surface area contributed by atoms with Gasteiger partial charge >= 0.3 is 12.1 Å². The zero-order valence-corrected chi connectivity index (χ0v) is 19.4. The Morgan fingerprint density at radius 1 is 1.14 bits per heavy atom. The third-order valence-corrected chi connectivity index (χ3v) is 6.56. The first-order valence-corrected chi connectivity index (χ1v) is 11.5. The van der Waals surface area contributed by atoms with E-state index in [2.05, 4.69) is 4.98 Å². The number of aliphatic hydroxyl groups is 1. The minimum atomic E-state index is -1.04. The Bertz CT molecular complexity index is 1200. The smallest absolute Gasteiger partial charge is 0.411 e. The zero-order valence-electron chi connectivity index (χ0n) is 19.4. The Kier molecular flexibility index (Phi) is 7.12. The number of hydrogen-bond donors (Lipinski definition) is 2. The summed E-state index contributed by atoms with van der Waals surface area (Å²) in [5, 5.41) is 18.6. The predicted molar refractivity (Wildman–Crippen MR) is 127 cm³/mol. The van der Waals surface area contributed by atoms with E-state index >= 15 is 0 Å². The summed E-state index contributed by atoms with van der Waals surface area (Å²) < 4.78 is 19.4. The average Bonchev–Trinajstić information content (AvgIpc) is 2.87. The van der Waals surface area contributed by atoms with Crippen LogP contribution in [-0.2, 0) is 10.3 Å². The van der Waals surface area contributed by atoms with Gasteiger partial charge in [-0.1, -0.05) is 36.4 Å². The second-order valence-electron chi connectivity index (χ2n) is 8.71. The molecule has 0 aliphatic carbocycles. The van der Waals surface area contributed by atoms with Crippen molar-refractivity contribution in [2.45, 2.75) is 37.8 Å². The molecule has 1 aliphatic rings. The third-order valence-electron chi connectivity index (χ3n) is 6.56. The SMILES string of the molecule is C[C@@H](c1ccc(-c2cncc(C(=O)O)c2)cc1)N1CC[C@](CCCO)(c2ccc(F)cc2)OC1=O. The highest BCUT2D eigenvalue weighted by atomic mass is 19.1. The van der Waals surface area contributed by atoms with E-state index in [1.54, 1.807) is 29.3 Å². The number of amides is 1. The molecule has 2 aromatic carbocycles. The number of cyclic esters (lactones) is 1. The number of aromatic carboxylic acids is 1. The van der Waals surface area contributed by atoms with Crippen LogP contribution in [0.15, 0.2) is 67.0 Å². The molecule has 2 atom stereocenters. The van der Waals surface area contributed by atoms with Crippen LogP contribution in [0, 0.1) is 5.82 Å². The summed E-state index contributed by atoms with van der Waals surface area (Å²) in [6, 6.07) is 14.8. The number of carbonyl (C=O) groups excluding carboxylic acids is 1. The summed E-state index contributed by atoms with van der Waals surface area (Å²) in [6.45, 7) is 2.33. The maximum Gasteiger partial charge on any atom is 0.411 e. The molecule has 1 saturated heterocycles. The Hall–Kier alpha value is -3.78. The minimum Gasteiger partial charge on any atom is -0.478 e. The number of rotatable bonds is 8. The molecule has 2 N–H and O–H groups in total. The van der Waals surface area contributed by atoms with E-state index in [1.807, 2.05) is 31.2 Å². The van der Waals surface area contributed by atoms with E-state index in [4.69, 9.17) is 4.74 Å². The first kappa shape index (κ1) is 24.3. The van der Waals surface area contributed by atoms with E-state index < -0.39 is 17.7 Å². The van der Waals surface area contributed by atoms with Crippen molar-refractivity contribution in [1.29, 1.82) is 0 Å². The second kappa shape index (κ2) is 10.2. The topological polar surface area (TPSA) is 100.0 Å². The van der Waals surface area contributed by atoms with E-state index in [1.165, 1.54) is 18.3 Å². The molecule has 0 bridgehead atoms. The van der Waals surface area contributed by atoms with Crippen molar-refractivity contribution < 1.29 is 28.9 Å². The molecule has 7 nitrogen and oxygen atoms in total. The summed E-state index contributed by atoms with van der Waals surface area (Å²) in [5.41, 5.74) is 2.33. The third kappa shape index (κ3) is 5.17. The van der Waals surface area contributed by atoms with Gasteiger partial charge in [0.05, 0.1) is 11.6 Å². The number of hydrogen-bond acceptors (Lipinski definition) is 5. The van der Waals surface area contributed by atoms with Crippen molar-refractivity contribution in [3.05, 3.63) is 89.5 Å². The van der Waals surface area contributed by atoms with Crippen LogP contribution in [0.5, 0.6) is 0 Å². The Morgan fingerprint density at radius 2 is 1.86 bits per heavy atom.